The molecule has 4 aliphatic carbocycles. The topological polar surface area (TPSA) is 130 Å². The Morgan fingerprint density at radius 3 is 2.47 bits per heavy atom. The largest absolute Gasteiger partial charge is 0.497 e. The van der Waals surface area contributed by atoms with Crippen molar-refractivity contribution in [2.75, 3.05) is 13.7 Å². The zero-order valence-corrected chi connectivity index (χ0v) is 27.6. The van der Waals surface area contributed by atoms with Crippen LogP contribution in [0.25, 0.3) is 0 Å². The van der Waals surface area contributed by atoms with E-state index < -0.39 is 34.6 Å². The van der Waals surface area contributed by atoms with Crippen LogP contribution in [0, 0.1) is 28.6 Å². The first-order chi connectivity index (χ1) is 22.5. The summed E-state index contributed by atoms with van der Waals surface area (Å²) in [5.74, 6) is 0.342. The van der Waals surface area contributed by atoms with Crippen molar-refractivity contribution in [2.24, 2.45) is 28.6 Å². The fraction of sp³-hybridized carbons (Fsp3) is 0.730. The summed E-state index contributed by atoms with van der Waals surface area (Å²) in [5, 5.41) is 24.9. The van der Waals surface area contributed by atoms with E-state index in [9.17, 15) is 19.8 Å². The van der Waals surface area contributed by atoms with Crippen molar-refractivity contribution in [2.45, 2.75) is 126 Å². The van der Waals surface area contributed by atoms with Gasteiger partial charge in [-0.1, -0.05) is 19.1 Å². The van der Waals surface area contributed by atoms with E-state index in [0.29, 0.717) is 51.6 Å². The first kappa shape index (κ1) is 31.9. The predicted molar refractivity (Wildman–Crippen MR) is 167 cm³/mol. The van der Waals surface area contributed by atoms with E-state index in [0.717, 1.165) is 42.4 Å². The Labute approximate surface area is 276 Å². The van der Waals surface area contributed by atoms with Crippen LogP contribution in [0.2, 0.25) is 0 Å². The van der Waals surface area contributed by atoms with E-state index in [1.165, 1.54) is 0 Å². The minimum Gasteiger partial charge on any atom is -0.497 e. The lowest BCUT2D eigenvalue weighted by Crippen LogP contribution is -2.69. The lowest BCUT2D eigenvalue weighted by atomic mass is 9.41. The van der Waals surface area contributed by atoms with E-state index in [1.807, 2.05) is 31.2 Å². The van der Waals surface area contributed by atoms with Gasteiger partial charge in [0.2, 0.25) is 0 Å². The highest BCUT2D eigenvalue weighted by Gasteiger charge is 2.71. The van der Waals surface area contributed by atoms with Gasteiger partial charge in [0.1, 0.15) is 24.7 Å². The molecule has 6 fully saturated rings. The van der Waals surface area contributed by atoms with Crippen molar-refractivity contribution in [1.29, 1.82) is 0 Å². The van der Waals surface area contributed by atoms with Gasteiger partial charge in [-0.25, -0.2) is 4.79 Å². The zero-order valence-electron chi connectivity index (χ0n) is 27.6. The number of carbonyl (C=O) groups excluding carboxylic acids is 2. The molecule has 0 aromatic heterocycles. The van der Waals surface area contributed by atoms with Crippen LogP contribution in [0.3, 0.4) is 0 Å². The molecule has 3 heterocycles. The SMILES string of the molecule is COc1ccc([C@H]2O[C@H]3[C@H](C)O[C@@H](O[C@H]4CC[C@]5(C=O)[C@H]6CC[C@]7(C)[C@@H](C8=CC(=O)OC8)CC[C@]7(O)[C@@H]6CC[C@]5(O)C4)C[C@H]3O2)cc1. The average molecular weight is 653 g/mol. The summed E-state index contributed by atoms with van der Waals surface area (Å²) in [7, 11) is 1.64. The molecule has 1 aromatic rings. The summed E-state index contributed by atoms with van der Waals surface area (Å²) < 4.78 is 36.0. The van der Waals surface area contributed by atoms with E-state index in [2.05, 4.69) is 6.92 Å². The lowest BCUT2D eigenvalue weighted by Gasteiger charge is -2.65. The predicted octanol–water partition coefficient (Wildman–Crippen LogP) is 4.55. The molecule has 8 rings (SSSR count). The second kappa shape index (κ2) is 11.4. The number of hydrogen-bond acceptors (Lipinski definition) is 10. The third-order valence-corrected chi connectivity index (χ3v) is 13.8. The van der Waals surface area contributed by atoms with Gasteiger partial charge in [0.05, 0.1) is 42.0 Å². The summed E-state index contributed by atoms with van der Waals surface area (Å²) >= 11 is 0. The van der Waals surface area contributed by atoms with E-state index in [-0.39, 0.29) is 48.1 Å². The normalized spacial score (nSPS) is 48.8. The molecular weight excluding hydrogens is 604 g/mol. The van der Waals surface area contributed by atoms with Crippen LogP contribution in [-0.2, 0) is 33.3 Å². The van der Waals surface area contributed by atoms with Crippen LogP contribution in [0.15, 0.2) is 35.9 Å². The molecule has 0 spiro atoms. The Hall–Kier alpha value is -2.34. The maximum absolute atomic E-state index is 13.2. The Bertz CT molecular complexity index is 1430. The molecular formula is C37H48O10. The van der Waals surface area contributed by atoms with Crippen LogP contribution in [0.1, 0.15) is 89.9 Å². The van der Waals surface area contributed by atoms with Gasteiger partial charge in [0.15, 0.2) is 12.6 Å². The molecule has 47 heavy (non-hydrogen) atoms. The molecule has 0 bridgehead atoms. The third-order valence-electron chi connectivity index (χ3n) is 13.8. The molecule has 3 aliphatic heterocycles. The number of fused-ring (bicyclic) bond motifs is 6. The van der Waals surface area contributed by atoms with Gasteiger partial charge in [0.25, 0.3) is 0 Å². The molecule has 4 saturated carbocycles. The van der Waals surface area contributed by atoms with Crippen molar-refractivity contribution in [3.05, 3.63) is 41.5 Å². The smallest absolute Gasteiger partial charge is 0.331 e. The number of aliphatic hydroxyl groups is 2. The molecule has 0 unspecified atom stereocenters. The van der Waals surface area contributed by atoms with Gasteiger partial charge in [-0.15, -0.1) is 0 Å². The fourth-order valence-corrected chi connectivity index (χ4v) is 11.3. The number of hydrogen-bond donors (Lipinski definition) is 2. The number of benzene rings is 1. The van der Waals surface area contributed by atoms with E-state index in [4.69, 9.17) is 28.4 Å². The maximum Gasteiger partial charge on any atom is 0.331 e. The first-order valence-electron chi connectivity index (χ1n) is 17.6. The molecule has 1 aromatic carbocycles. The van der Waals surface area contributed by atoms with Crippen LogP contribution >= 0.6 is 0 Å². The number of aldehydes is 1. The van der Waals surface area contributed by atoms with Gasteiger partial charge in [-0.05, 0) is 93.7 Å². The Morgan fingerprint density at radius 2 is 1.74 bits per heavy atom. The minimum atomic E-state index is -1.22. The fourth-order valence-electron chi connectivity index (χ4n) is 11.3. The number of carbonyl (C=O) groups is 2. The summed E-state index contributed by atoms with van der Waals surface area (Å²) in [4.78, 5) is 25.1. The second-order valence-corrected chi connectivity index (χ2v) is 15.6. The third kappa shape index (κ3) is 4.72. The average Bonchev–Trinajstić information content (AvgIpc) is 3.76. The lowest BCUT2D eigenvalue weighted by molar-refractivity contribution is -0.278. The monoisotopic (exact) mass is 652 g/mol. The summed E-state index contributed by atoms with van der Waals surface area (Å²) in [6, 6.07) is 7.66. The van der Waals surface area contributed by atoms with Gasteiger partial charge < -0.3 is 43.4 Å². The van der Waals surface area contributed by atoms with E-state index in [1.54, 1.807) is 13.2 Å². The number of esters is 1. The molecule has 10 heteroatoms. The highest BCUT2D eigenvalue weighted by atomic mass is 16.8. The molecule has 256 valence electrons. The van der Waals surface area contributed by atoms with Crippen molar-refractivity contribution >= 4 is 12.3 Å². The second-order valence-electron chi connectivity index (χ2n) is 15.6. The quantitative estimate of drug-likeness (QED) is 0.257. The minimum absolute atomic E-state index is 0.0789. The Morgan fingerprint density at radius 1 is 0.957 bits per heavy atom. The highest BCUT2D eigenvalue weighted by molar-refractivity contribution is 5.85. The molecule has 2 saturated heterocycles. The molecule has 0 amide bonds. The standard InChI is InChI=1S/C37H48O10/c1-21-32-29(46-33(47-32)22-4-6-24(42-3)7-5-22)17-31(44-21)45-25-8-13-35(20-38)27-9-12-34(2)26(23-16-30(39)43-19-23)11-15-37(34,41)28(27)10-14-36(35,40)18-25/h4-7,16,20-21,25-29,31-33,40-41H,8-15,17-19H2,1-3H3/t21-,25-,26+,27-,28+,29+,31-,32-,33+,34+,35-,36-,37-/m0/s1. The number of rotatable bonds is 6. The van der Waals surface area contributed by atoms with Gasteiger partial charge in [-0.2, -0.15) is 0 Å². The van der Waals surface area contributed by atoms with Crippen LogP contribution in [0.4, 0.5) is 0 Å². The van der Waals surface area contributed by atoms with Crippen LogP contribution in [-0.4, -0.2) is 78.1 Å². The Kier molecular flexibility index (Phi) is 7.70. The molecule has 2 N–H and O–H groups in total. The van der Waals surface area contributed by atoms with Crippen molar-refractivity contribution in [3.8, 4) is 5.75 Å². The van der Waals surface area contributed by atoms with Gasteiger partial charge >= 0.3 is 5.97 Å². The van der Waals surface area contributed by atoms with Crippen molar-refractivity contribution < 1.29 is 48.2 Å². The first-order valence-corrected chi connectivity index (χ1v) is 17.6. The zero-order chi connectivity index (χ0) is 32.8. The van der Waals surface area contributed by atoms with Crippen molar-refractivity contribution in [1.82, 2.24) is 0 Å². The van der Waals surface area contributed by atoms with Crippen LogP contribution < -0.4 is 4.74 Å². The summed E-state index contributed by atoms with van der Waals surface area (Å²) in [5.41, 5.74) is -1.62. The summed E-state index contributed by atoms with van der Waals surface area (Å²) in [6.45, 7) is 4.44. The highest BCUT2D eigenvalue weighted by Crippen LogP contribution is 2.70. The molecule has 10 nitrogen and oxygen atoms in total. The molecule has 7 aliphatic rings. The van der Waals surface area contributed by atoms with Gasteiger partial charge in [0, 0.05) is 29.9 Å². The molecule has 0 radical (unpaired) electrons. The maximum atomic E-state index is 13.2. The Balaban J connectivity index is 0.948. The molecule has 13 atom stereocenters. The number of cyclic esters (lactones) is 1. The van der Waals surface area contributed by atoms with Crippen LogP contribution in [0.5, 0.6) is 5.75 Å². The number of ether oxygens (including phenoxy) is 6. The number of methoxy groups -OCH3 is 1. The van der Waals surface area contributed by atoms with Gasteiger partial charge in [-0.3, -0.25) is 0 Å². The van der Waals surface area contributed by atoms with E-state index >= 15 is 0 Å². The summed E-state index contributed by atoms with van der Waals surface area (Å²) in [6.07, 6.45) is 6.74. The van der Waals surface area contributed by atoms with Crippen molar-refractivity contribution in [3.63, 3.8) is 0 Å².